The molecule has 3 aromatic rings. The monoisotopic (exact) mass is 492 g/mol. The lowest BCUT2D eigenvalue weighted by molar-refractivity contribution is -0.150. The van der Waals surface area contributed by atoms with Crippen LogP contribution in [0.2, 0.25) is 0 Å². The minimum Gasteiger partial charge on any atom is -0.480 e. The van der Waals surface area contributed by atoms with Crippen molar-refractivity contribution >= 4 is 22.6 Å². The van der Waals surface area contributed by atoms with Gasteiger partial charge in [-0.25, -0.2) is 9.37 Å². The van der Waals surface area contributed by atoms with Gasteiger partial charge in [0.2, 0.25) is 0 Å². The van der Waals surface area contributed by atoms with Crippen LogP contribution in [0.25, 0.3) is 10.8 Å². The number of pyridine rings is 2. The van der Waals surface area contributed by atoms with Gasteiger partial charge in [-0.05, 0) is 79.8 Å². The first-order valence-corrected chi connectivity index (χ1v) is 12.9. The highest BCUT2D eigenvalue weighted by Gasteiger charge is 2.38. The topological polar surface area (TPSA) is 87.6 Å². The summed E-state index contributed by atoms with van der Waals surface area (Å²) in [6.07, 6.45) is 7.96. The minimum absolute atomic E-state index is 0.00321. The van der Waals surface area contributed by atoms with Crippen LogP contribution in [0.4, 0.5) is 10.2 Å². The third-order valence-electron chi connectivity index (χ3n) is 7.23. The van der Waals surface area contributed by atoms with E-state index in [9.17, 15) is 14.3 Å². The van der Waals surface area contributed by atoms with Crippen molar-refractivity contribution in [3.05, 3.63) is 64.9 Å². The molecule has 1 aromatic carbocycles. The van der Waals surface area contributed by atoms with Gasteiger partial charge >= 0.3 is 5.97 Å². The Kier molecular flexibility index (Phi) is 7.43. The average Bonchev–Trinajstić information content (AvgIpc) is 2.84. The number of carbonyl (C=O) groups is 1. The van der Waals surface area contributed by atoms with Crippen molar-refractivity contribution in [2.45, 2.75) is 57.6 Å². The zero-order valence-electron chi connectivity index (χ0n) is 20.7. The fraction of sp³-hybridized carbons (Fsp3) is 0.464. The molecule has 1 saturated heterocycles. The van der Waals surface area contributed by atoms with Gasteiger partial charge in [0, 0.05) is 49.2 Å². The molecule has 7 nitrogen and oxygen atoms in total. The number of nitrogens with zero attached hydrogens (tertiary/aromatic N) is 3. The quantitative estimate of drug-likeness (QED) is 0.398. The Bertz CT molecular complexity index is 1240. The molecule has 4 heterocycles. The maximum absolute atomic E-state index is 14.3. The van der Waals surface area contributed by atoms with E-state index < -0.39 is 17.8 Å². The van der Waals surface area contributed by atoms with E-state index in [-0.39, 0.29) is 6.10 Å². The van der Waals surface area contributed by atoms with E-state index in [2.05, 4.69) is 22.4 Å². The summed E-state index contributed by atoms with van der Waals surface area (Å²) in [4.78, 5) is 23.0. The molecule has 2 aliphatic rings. The number of hydrogen-bond acceptors (Lipinski definition) is 6. The van der Waals surface area contributed by atoms with E-state index >= 15 is 0 Å². The van der Waals surface area contributed by atoms with Gasteiger partial charge in [0.25, 0.3) is 0 Å². The van der Waals surface area contributed by atoms with Crippen LogP contribution in [-0.2, 0) is 22.4 Å². The van der Waals surface area contributed by atoms with Crippen molar-refractivity contribution in [3.8, 4) is 0 Å². The summed E-state index contributed by atoms with van der Waals surface area (Å²) in [6, 6.07) is 7.94. The predicted molar refractivity (Wildman–Crippen MR) is 137 cm³/mol. The van der Waals surface area contributed by atoms with Crippen molar-refractivity contribution < 1.29 is 19.0 Å². The van der Waals surface area contributed by atoms with Gasteiger partial charge in [-0.3, -0.25) is 14.7 Å². The Morgan fingerprint density at radius 1 is 1.22 bits per heavy atom. The summed E-state index contributed by atoms with van der Waals surface area (Å²) in [5, 5.41) is 14.7. The van der Waals surface area contributed by atoms with Crippen LogP contribution in [0.15, 0.2) is 36.5 Å². The second-order valence-electron chi connectivity index (χ2n) is 9.83. The van der Waals surface area contributed by atoms with Crippen molar-refractivity contribution in [1.82, 2.24) is 14.9 Å². The molecule has 2 N–H and O–H groups in total. The van der Waals surface area contributed by atoms with Crippen molar-refractivity contribution in [2.24, 2.45) is 0 Å². The lowest BCUT2D eigenvalue weighted by atomic mass is 9.94. The van der Waals surface area contributed by atoms with Gasteiger partial charge in [-0.2, -0.15) is 0 Å². The van der Waals surface area contributed by atoms with Crippen LogP contribution < -0.4 is 5.32 Å². The maximum Gasteiger partial charge on any atom is 0.325 e. The van der Waals surface area contributed by atoms with Crippen LogP contribution in [-0.4, -0.2) is 58.3 Å². The lowest BCUT2D eigenvalue weighted by Crippen LogP contribution is -2.55. The summed E-state index contributed by atoms with van der Waals surface area (Å²) in [7, 11) is 0. The number of nitrogens with one attached hydrogen (secondary N) is 1. The van der Waals surface area contributed by atoms with Gasteiger partial charge in [0.1, 0.15) is 17.7 Å². The molecule has 1 atom stereocenters. The van der Waals surface area contributed by atoms with E-state index in [1.165, 1.54) is 24.1 Å². The Labute approximate surface area is 210 Å². The average molecular weight is 493 g/mol. The van der Waals surface area contributed by atoms with Gasteiger partial charge in [0.15, 0.2) is 0 Å². The molecule has 8 heteroatoms. The maximum atomic E-state index is 14.3. The van der Waals surface area contributed by atoms with E-state index in [4.69, 9.17) is 9.72 Å². The minimum atomic E-state index is -0.985. The highest BCUT2D eigenvalue weighted by molar-refractivity contribution is 5.91. The molecule has 0 spiro atoms. The zero-order chi connectivity index (χ0) is 25.1. The molecule has 0 radical (unpaired) electrons. The molecule has 0 bridgehead atoms. The van der Waals surface area contributed by atoms with Crippen LogP contribution in [0.3, 0.4) is 0 Å². The number of unbranched alkanes of at least 4 members (excludes halogenated alkanes) is 2. The van der Waals surface area contributed by atoms with Crippen LogP contribution in [0.5, 0.6) is 0 Å². The van der Waals surface area contributed by atoms with Gasteiger partial charge in [-0.15, -0.1) is 0 Å². The SMILES string of the molecule is Cc1nccc2c(C(C(=O)O)N3CC(OCCCCCc4ccc5c(n4)NCCC5)C3)cc(F)cc12. The number of halogens is 1. The number of carboxylic acids is 1. The molecule has 5 rings (SSSR count). The smallest absolute Gasteiger partial charge is 0.325 e. The number of likely N-dealkylation sites (tertiary alicyclic amines) is 1. The number of aromatic nitrogens is 2. The summed E-state index contributed by atoms with van der Waals surface area (Å²) < 4.78 is 20.3. The Morgan fingerprint density at radius 3 is 2.92 bits per heavy atom. The molecule has 1 fully saturated rings. The van der Waals surface area contributed by atoms with E-state index in [1.54, 1.807) is 19.2 Å². The summed E-state index contributed by atoms with van der Waals surface area (Å²) in [6.45, 7) is 4.50. The second kappa shape index (κ2) is 10.9. The number of aliphatic carboxylic acids is 1. The first-order valence-electron chi connectivity index (χ1n) is 12.9. The fourth-order valence-corrected chi connectivity index (χ4v) is 5.26. The fourth-order valence-electron chi connectivity index (χ4n) is 5.26. The number of aryl methyl sites for hydroxylation is 3. The standard InChI is InChI=1S/C28H33FN4O3/c1-18-24-14-20(29)15-25(23(24)10-12-30-18)26(28(34)35)33-16-22(17-33)36-13-4-2-3-7-21-9-8-19-6-5-11-31-27(19)32-21/h8-10,12,14-15,22,26H,2-7,11,13,16-17H2,1H3,(H,31,32)(H,34,35). The van der Waals surface area contributed by atoms with Gasteiger partial charge in [-0.1, -0.05) is 12.5 Å². The third kappa shape index (κ3) is 5.34. The Balaban J connectivity index is 1.08. The highest BCUT2D eigenvalue weighted by atomic mass is 19.1. The molecule has 1 unspecified atom stereocenters. The van der Waals surface area contributed by atoms with Crippen LogP contribution in [0.1, 0.15) is 54.2 Å². The lowest BCUT2D eigenvalue weighted by Gasteiger charge is -2.42. The highest BCUT2D eigenvalue weighted by Crippen LogP contribution is 2.34. The Morgan fingerprint density at radius 2 is 2.08 bits per heavy atom. The van der Waals surface area contributed by atoms with E-state index in [1.807, 2.05) is 4.90 Å². The first-order chi connectivity index (χ1) is 17.5. The van der Waals surface area contributed by atoms with E-state index in [0.717, 1.165) is 55.5 Å². The summed E-state index contributed by atoms with van der Waals surface area (Å²) in [5.74, 6) is -0.384. The van der Waals surface area contributed by atoms with Gasteiger partial charge < -0.3 is 15.2 Å². The number of hydrogen-bond donors (Lipinski definition) is 2. The van der Waals surface area contributed by atoms with Crippen LogP contribution >= 0.6 is 0 Å². The number of benzene rings is 1. The predicted octanol–water partition coefficient (Wildman–Crippen LogP) is 4.67. The van der Waals surface area contributed by atoms with Gasteiger partial charge in [0.05, 0.1) is 6.10 Å². The summed E-state index contributed by atoms with van der Waals surface area (Å²) in [5.41, 5.74) is 3.60. The third-order valence-corrected chi connectivity index (χ3v) is 7.23. The Hall–Kier alpha value is -3.10. The number of fused-ring (bicyclic) bond motifs is 2. The van der Waals surface area contributed by atoms with E-state index in [0.29, 0.717) is 36.3 Å². The molecule has 36 heavy (non-hydrogen) atoms. The van der Waals surface area contributed by atoms with Crippen molar-refractivity contribution in [3.63, 3.8) is 0 Å². The largest absolute Gasteiger partial charge is 0.480 e. The number of rotatable bonds is 10. The van der Waals surface area contributed by atoms with Crippen molar-refractivity contribution in [2.75, 3.05) is 31.6 Å². The zero-order valence-corrected chi connectivity index (χ0v) is 20.7. The number of anilines is 1. The molecular formula is C28H33FN4O3. The van der Waals surface area contributed by atoms with Crippen molar-refractivity contribution in [1.29, 1.82) is 0 Å². The molecule has 2 aliphatic heterocycles. The molecule has 0 aliphatic carbocycles. The first kappa shape index (κ1) is 24.6. The molecule has 0 amide bonds. The van der Waals surface area contributed by atoms with Crippen LogP contribution in [0, 0.1) is 12.7 Å². The molecule has 0 saturated carbocycles. The molecule has 190 valence electrons. The second-order valence-corrected chi connectivity index (χ2v) is 9.83. The number of carboxylic acid groups (broad SMARTS) is 1. The molecule has 2 aromatic heterocycles. The number of ether oxygens (including phenoxy) is 1. The molecular weight excluding hydrogens is 459 g/mol. The summed E-state index contributed by atoms with van der Waals surface area (Å²) >= 11 is 0. The normalized spacial score (nSPS) is 16.8.